The zero-order chi connectivity index (χ0) is 16.9. The van der Waals surface area contributed by atoms with Crippen molar-refractivity contribution in [3.8, 4) is 5.75 Å². The van der Waals surface area contributed by atoms with Gasteiger partial charge in [-0.1, -0.05) is 52.3 Å². The van der Waals surface area contributed by atoms with Crippen molar-refractivity contribution in [1.29, 1.82) is 0 Å². The number of sulfonamides is 1. The summed E-state index contributed by atoms with van der Waals surface area (Å²) in [6.07, 6.45) is 0.347. The van der Waals surface area contributed by atoms with Crippen LogP contribution in [0.4, 0.5) is 5.69 Å². The van der Waals surface area contributed by atoms with E-state index in [1.54, 1.807) is 18.2 Å². The molecule has 0 aliphatic rings. The predicted octanol–water partition coefficient (Wildman–Crippen LogP) is 3.07. The molecule has 0 amide bonds. The monoisotopic (exact) mass is 399 g/mol. The normalized spacial score (nSPS) is 12.7. The van der Waals surface area contributed by atoms with Crippen LogP contribution in [0, 0.1) is 0 Å². The Hall–Kier alpha value is -1.57. The third kappa shape index (κ3) is 5.53. The van der Waals surface area contributed by atoms with Crippen LogP contribution in [0.15, 0.2) is 48.5 Å². The summed E-state index contributed by atoms with van der Waals surface area (Å²) in [6, 6.07) is 14.5. The number of aliphatic hydroxyl groups excluding tert-OH is 1. The molecule has 2 rings (SSSR count). The fraction of sp³-hybridized carbons (Fsp3) is 0.250. The number of ether oxygens (including phenoxy) is 1. The molecular formula is C16H18BrNO4S. The first-order valence-corrected chi connectivity index (χ1v) is 9.93. The van der Waals surface area contributed by atoms with Gasteiger partial charge >= 0.3 is 0 Å². The summed E-state index contributed by atoms with van der Waals surface area (Å²) in [4.78, 5) is 0. The molecule has 0 fully saturated rings. The van der Waals surface area contributed by atoms with E-state index in [-0.39, 0.29) is 0 Å². The van der Waals surface area contributed by atoms with Crippen molar-refractivity contribution >= 4 is 31.6 Å². The average Bonchev–Trinajstić information content (AvgIpc) is 2.52. The lowest BCUT2D eigenvalue weighted by atomic mass is 10.1. The summed E-state index contributed by atoms with van der Waals surface area (Å²) >= 11 is 3.20. The molecule has 0 spiro atoms. The molecule has 0 aliphatic carbocycles. The molecule has 0 radical (unpaired) electrons. The molecule has 23 heavy (non-hydrogen) atoms. The van der Waals surface area contributed by atoms with E-state index < -0.39 is 16.1 Å². The number of rotatable bonds is 7. The molecule has 0 saturated heterocycles. The largest absolute Gasteiger partial charge is 0.487 e. The lowest BCUT2D eigenvalue weighted by Gasteiger charge is -2.15. The van der Waals surface area contributed by atoms with Crippen molar-refractivity contribution in [2.24, 2.45) is 0 Å². The van der Waals surface area contributed by atoms with Gasteiger partial charge in [0.1, 0.15) is 12.4 Å². The Bertz CT molecular complexity index is 750. The number of hydrogen-bond donors (Lipinski definition) is 2. The first kappa shape index (κ1) is 17.8. The molecule has 0 bridgehead atoms. The van der Waals surface area contributed by atoms with Gasteiger partial charge in [0.15, 0.2) is 0 Å². The highest BCUT2D eigenvalue weighted by atomic mass is 79.9. The quantitative estimate of drug-likeness (QED) is 0.701. The van der Waals surface area contributed by atoms with Crippen LogP contribution < -0.4 is 9.46 Å². The van der Waals surface area contributed by atoms with Gasteiger partial charge in [-0.3, -0.25) is 4.72 Å². The van der Waals surface area contributed by atoms with Gasteiger partial charge in [0.2, 0.25) is 10.0 Å². The van der Waals surface area contributed by atoms with Crippen LogP contribution in [0.5, 0.6) is 5.75 Å². The van der Waals surface area contributed by atoms with Crippen LogP contribution >= 0.6 is 15.9 Å². The highest BCUT2D eigenvalue weighted by Crippen LogP contribution is 2.30. The molecule has 0 aliphatic heterocycles. The van der Waals surface area contributed by atoms with E-state index in [2.05, 4.69) is 20.7 Å². The Morgan fingerprint density at radius 3 is 2.52 bits per heavy atom. The number of halogens is 1. The van der Waals surface area contributed by atoms with E-state index in [1.165, 1.54) is 0 Å². The minimum absolute atomic E-state index is 0.306. The van der Waals surface area contributed by atoms with E-state index in [0.29, 0.717) is 28.9 Å². The molecule has 1 atom stereocenters. The van der Waals surface area contributed by atoms with E-state index in [9.17, 15) is 13.5 Å². The highest BCUT2D eigenvalue weighted by molar-refractivity contribution is 9.09. The molecule has 0 saturated carbocycles. The second-order valence-corrected chi connectivity index (χ2v) is 7.47. The van der Waals surface area contributed by atoms with E-state index in [0.717, 1.165) is 11.8 Å². The standard InChI is InChI=1S/C16H18BrNO4S/c1-23(20,21)18-14-9-13(15(19)10-17)7-8-16(14)22-11-12-5-3-2-4-6-12/h2-9,15,18-19H,10-11H2,1H3/t15-/m0/s1. The van der Waals surface area contributed by atoms with Crippen LogP contribution in [0.2, 0.25) is 0 Å². The fourth-order valence-corrected chi connectivity index (χ4v) is 2.92. The van der Waals surface area contributed by atoms with Gasteiger partial charge in [-0.05, 0) is 23.3 Å². The van der Waals surface area contributed by atoms with Crippen molar-refractivity contribution in [1.82, 2.24) is 0 Å². The molecule has 2 aromatic carbocycles. The van der Waals surface area contributed by atoms with Gasteiger partial charge in [-0.2, -0.15) is 0 Å². The van der Waals surface area contributed by atoms with E-state index in [4.69, 9.17) is 4.74 Å². The molecule has 0 aromatic heterocycles. The van der Waals surface area contributed by atoms with Crippen molar-refractivity contribution < 1.29 is 18.3 Å². The van der Waals surface area contributed by atoms with E-state index >= 15 is 0 Å². The second kappa shape index (κ2) is 7.81. The summed E-state index contributed by atoms with van der Waals surface area (Å²) in [5, 5.41) is 10.2. The number of hydrogen-bond acceptors (Lipinski definition) is 4. The average molecular weight is 400 g/mol. The summed E-state index contributed by atoms with van der Waals surface area (Å²) in [5.74, 6) is 0.407. The maximum atomic E-state index is 11.5. The zero-order valence-electron chi connectivity index (χ0n) is 12.6. The fourth-order valence-electron chi connectivity index (χ4n) is 1.98. The van der Waals surface area contributed by atoms with Gasteiger partial charge in [-0.15, -0.1) is 0 Å². The van der Waals surface area contributed by atoms with Gasteiger partial charge in [0, 0.05) is 5.33 Å². The third-order valence-corrected chi connectivity index (χ3v) is 4.27. The lowest BCUT2D eigenvalue weighted by molar-refractivity contribution is 0.205. The van der Waals surface area contributed by atoms with Crippen molar-refractivity contribution in [3.05, 3.63) is 59.7 Å². The van der Waals surface area contributed by atoms with Crippen LogP contribution in [-0.4, -0.2) is 25.1 Å². The Morgan fingerprint density at radius 1 is 1.22 bits per heavy atom. The topological polar surface area (TPSA) is 75.6 Å². The highest BCUT2D eigenvalue weighted by Gasteiger charge is 2.13. The van der Waals surface area contributed by atoms with Crippen LogP contribution in [0.25, 0.3) is 0 Å². The Labute approximate surface area is 144 Å². The van der Waals surface area contributed by atoms with Crippen molar-refractivity contribution in [2.45, 2.75) is 12.7 Å². The minimum Gasteiger partial charge on any atom is -0.487 e. The Morgan fingerprint density at radius 2 is 1.91 bits per heavy atom. The van der Waals surface area contributed by atoms with Gasteiger partial charge in [0.05, 0.1) is 18.0 Å². The number of nitrogens with one attached hydrogen (secondary N) is 1. The minimum atomic E-state index is -3.46. The first-order valence-electron chi connectivity index (χ1n) is 6.91. The summed E-state index contributed by atoms with van der Waals surface area (Å²) in [7, 11) is -3.46. The number of alkyl halides is 1. The van der Waals surface area contributed by atoms with Gasteiger partial charge in [-0.25, -0.2) is 8.42 Å². The van der Waals surface area contributed by atoms with Crippen LogP contribution in [0.1, 0.15) is 17.2 Å². The number of benzene rings is 2. The van der Waals surface area contributed by atoms with Crippen molar-refractivity contribution in [3.63, 3.8) is 0 Å². The van der Waals surface area contributed by atoms with Crippen LogP contribution in [-0.2, 0) is 16.6 Å². The Balaban J connectivity index is 2.26. The maximum Gasteiger partial charge on any atom is 0.229 e. The Kier molecular flexibility index (Phi) is 6.04. The maximum absolute atomic E-state index is 11.5. The third-order valence-electron chi connectivity index (χ3n) is 3.07. The second-order valence-electron chi connectivity index (χ2n) is 5.07. The SMILES string of the molecule is CS(=O)(=O)Nc1cc([C@@H](O)CBr)ccc1OCc1ccccc1. The van der Waals surface area contributed by atoms with Crippen LogP contribution in [0.3, 0.4) is 0 Å². The number of aliphatic hydroxyl groups is 1. The molecule has 5 nitrogen and oxygen atoms in total. The lowest BCUT2D eigenvalue weighted by Crippen LogP contribution is -2.12. The summed E-state index contributed by atoms with van der Waals surface area (Å²) in [5.41, 5.74) is 1.88. The molecule has 124 valence electrons. The van der Waals surface area contributed by atoms with Gasteiger partial charge < -0.3 is 9.84 Å². The molecule has 0 unspecified atom stereocenters. The van der Waals surface area contributed by atoms with Gasteiger partial charge in [0.25, 0.3) is 0 Å². The number of anilines is 1. The molecule has 2 N–H and O–H groups in total. The predicted molar refractivity (Wildman–Crippen MR) is 94.4 cm³/mol. The first-order chi connectivity index (χ1) is 10.9. The molecule has 2 aromatic rings. The molecule has 7 heteroatoms. The zero-order valence-corrected chi connectivity index (χ0v) is 15.0. The summed E-state index contributed by atoms with van der Waals surface area (Å²) < 4.78 is 31.2. The van der Waals surface area contributed by atoms with E-state index in [1.807, 2.05) is 30.3 Å². The van der Waals surface area contributed by atoms with Crippen molar-refractivity contribution in [2.75, 3.05) is 16.3 Å². The summed E-state index contributed by atoms with van der Waals surface area (Å²) in [6.45, 7) is 0.319. The molecular weight excluding hydrogens is 382 g/mol. The molecule has 0 heterocycles. The smallest absolute Gasteiger partial charge is 0.229 e.